The van der Waals surface area contributed by atoms with Crippen molar-refractivity contribution in [2.75, 3.05) is 40.3 Å². The number of hydrogen-bond acceptors (Lipinski definition) is 4. The SMILES string of the molecule is CN(C)CCNS(=O)(=O)C1CCCNC1. The maximum atomic E-state index is 11.8. The molecule has 0 radical (unpaired) electrons. The van der Waals surface area contributed by atoms with Crippen molar-refractivity contribution >= 4 is 10.0 Å². The summed E-state index contributed by atoms with van der Waals surface area (Å²) in [5.41, 5.74) is 0. The second-order valence-corrected chi connectivity index (χ2v) is 6.26. The van der Waals surface area contributed by atoms with E-state index in [1.165, 1.54) is 0 Å². The first kappa shape index (κ1) is 12.9. The number of likely N-dealkylation sites (N-methyl/N-ethyl adjacent to an activating group) is 1. The Morgan fingerprint density at radius 2 is 2.20 bits per heavy atom. The topological polar surface area (TPSA) is 61.4 Å². The zero-order chi connectivity index (χ0) is 11.3. The first-order valence-electron chi connectivity index (χ1n) is 5.36. The molecule has 1 aliphatic rings. The molecule has 1 heterocycles. The number of nitrogens with zero attached hydrogens (tertiary/aromatic N) is 1. The lowest BCUT2D eigenvalue weighted by atomic mass is 10.2. The van der Waals surface area contributed by atoms with Gasteiger partial charge in [0.2, 0.25) is 10.0 Å². The van der Waals surface area contributed by atoms with Crippen LogP contribution in [0.1, 0.15) is 12.8 Å². The predicted octanol–water partition coefficient (Wildman–Crippen LogP) is -0.781. The van der Waals surface area contributed by atoms with E-state index in [0.29, 0.717) is 13.1 Å². The Labute approximate surface area is 92.3 Å². The van der Waals surface area contributed by atoms with Gasteiger partial charge in [0.1, 0.15) is 0 Å². The van der Waals surface area contributed by atoms with E-state index in [2.05, 4.69) is 10.0 Å². The van der Waals surface area contributed by atoms with E-state index < -0.39 is 10.0 Å². The minimum atomic E-state index is -3.12. The molecule has 0 aromatic heterocycles. The van der Waals surface area contributed by atoms with Crippen LogP contribution >= 0.6 is 0 Å². The summed E-state index contributed by atoms with van der Waals surface area (Å²) in [5.74, 6) is 0. The molecular formula is C9H21N3O2S. The Bertz CT molecular complexity index is 271. The average Bonchev–Trinajstić information content (AvgIpc) is 2.18. The lowest BCUT2D eigenvalue weighted by Gasteiger charge is -2.23. The van der Waals surface area contributed by atoms with E-state index >= 15 is 0 Å². The van der Waals surface area contributed by atoms with Crippen LogP contribution in [0.2, 0.25) is 0 Å². The van der Waals surface area contributed by atoms with Gasteiger partial charge in [0.25, 0.3) is 0 Å². The van der Waals surface area contributed by atoms with Gasteiger partial charge >= 0.3 is 0 Å². The molecule has 2 N–H and O–H groups in total. The summed E-state index contributed by atoms with van der Waals surface area (Å²) in [6.07, 6.45) is 1.71. The molecule has 0 amide bonds. The minimum absolute atomic E-state index is 0.256. The number of nitrogens with one attached hydrogen (secondary N) is 2. The van der Waals surface area contributed by atoms with Crippen molar-refractivity contribution in [1.29, 1.82) is 0 Å². The molecular weight excluding hydrogens is 214 g/mol. The highest BCUT2D eigenvalue weighted by Crippen LogP contribution is 2.09. The maximum absolute atomic E-state index is 11.8. The molecule has 0 aliphatic carbocycles. The van der Waals surface area contributed by atoms with Crippen molar-refractivity contribution in [3.8, 4) is 0 Å². The van der Waals surface area contributed by atoms with E-state index in [-0.39, 0.29) is 5.25 Å². The molecule has 0 saturated carbocycles. The van der Waals surface area contributed by atoms with Crippen LogP contribution < -0.4 is 10.0 Å². The first-order valence-corrected chi connectivity index (χ1v) is 6.91. The van der Waals surface area contributed by atoms with Crippen molar-refractivity contribution in [3.63, 3.8) is 0 Å². The molecule has 1 fully saturated rings. The maximum Gasteiger partial charge on any atom is 0.215 e. The van der Waals surface area contributed by atoms with Crippen LogP contribution in [0.15, 0.2) is 0 Å². The molecule has 0 aromatic carbocycles. The van der Waals surface area contributed by atoms with Crippen molar-refractivity contribution in [1.82, 2.24) is 14.9 Å². The fraction of sp³-hybridized carbons (Fsp3) is 1.00. The van der Waals surface area contributed by atoms with E-state index in [1.807, 2.05) is 19.0 Å². The number of sulfonamides is 1. The molecule has 1 rings (SSSR count). The fourth-order valence-electron chi connectivity index (χ4n) is 1.61. The van der Waals surface area contributed by atoms with Crippen molar-refractivity contribution < 1.29 is 8.42 Å². The third kappa shape index (κ3) is 4.46. The standard InChI is InChI=1S/C9H21N3O2S/c1-12(2)7-6-11-15(13,14)9-4-3-5-10-8-9/h9-11H,3-8H2,1-2H3. The molecule has 1 unspecified atom stereocenters. The van der Waals surface area contributed by atoms with Gasteiger partial charge in [0, 0.05) is 19.6 Å². The first-order chi connectivity index (χ1) is 7.02. The monoisotopic (exact) mass is 235 g/mol. The van der Waals surface area contributed by atoms with E-state index in [0.717, 1.165) is 25.9 Å². The van der Waals surface area contributed by atoms with Crippen LogP contribution in [-0.4, -0.2) is 58.8 Å². The molecule has 15 heavy (non-hydrogen) atoms. The van der Waals surface area contributed by atoms with Crippen LogP contribution in [0.3, 0.4) is 0 Å². The summed E-state index contributed by atoms with van der Waals surface area (Å²) in [6, 6.07) is 0. The quantitative estimate of drug-likeness (QED) is 0.656. The van der Waals surface area contributed by atoms with Crippen molar-refractivity contribution in [3.05, 3.63) is 0 Å². The van der Waals surface area contributed by atoms with Gasteiger partial charge in [-0.1, -0.05) is 0 Å². The van der Waals surface area contributed by atoms with Crippen LogP contribution in [0.5, 0.6) is 0 Å². The number of piperidine rings is 1. The van der Waals surface area contributed by atoms with Gasteiger partial charge in [0.05, 0.1) is 5.25 Å². The summed E-state index contributed by atoms with van der Waals surface area (Å²) < 4.78 is 26.2. The Balaban J connectivity index is 2.36. The van der Waals surface area contributed by atoms with E-state index in [1.54, 1.807) is 0 Å². The van der Waals surface area contributed by atoms with Crippen LogP contribution in [0.4, 0.5) is 0 Å². The summed E-state index contributed by atoms with van der Waals surface area (Å²) >= 11 is 0. The Hall–Kier alpha value is -0.170. The summed E-state index contributed by atoms with van der Waals surface area (Å²) in [4.78, 5) is 1.96. The molecule has 0 aromatic rings. The molecule has 6 heteroatoms. The van der Waals surface area contributed by atoms with Crippen molar-refractivity contribution in [2.24, 2.45) is 0 Å². The highest BCUT2D eigenvalue weighted by molar-refractivity contribution is 7.90. The van der Waals surface area contributed by atoms with Gasteiger partial charge < -0.3 is 10.2 Å². The second kappa shape index (κ2) is 5.79. The zero-order valence-corrected chi connectivity index (χ0v) is 10.3. The third-order valence-electron chi connectivity index (χ3n) is 2.55. The molecule has 90 valence electrons. The van der Waals surface area contributed by atoms with Gasteiger partial charge in [-0.2, -0.15) is 0 Å². The number of rotatable bonds is 5. The Kier molecular flexibility index (Phi) is 4.98. The van der Waals surface area contributed by atoms with E-state index in [9.17, 15) is 8.42 Å². The summed E-state index contributed by atoms with van der Waals surface area (Å²) in [7, 11) is 0.736. The van der Waals surface area contributed by atoms with Gasteiger partial charge in [-0.05, 0) is 33.5 Å². The molecule has 1 aliphatic heterocycles. The van der Waals surface area contributed by atoms with Gasteiger partial charge in [0.15, 0.2) is 0 Å². The van der Waals surface area contributed by atoms with Crippen LogP contribution in [0, 0.1) is 0 Å². The van der Waals surface area contributed by atoms with Crippen LogP contribution in [0.25, 0.3) is 0 Å². The lowest BCUT2D eigenvalue weighted by Crippen LogP contribution is -2.45. The van der Waals surface area contributed by atoms with Gasteiger partial charge in [-0.3, -0.25) is 0 Å². The molecule has 0 bridgehead atoms. The van der Waals surface area contributed by atoms with Crippen molar-refractivity contribution in [2.45, 2.75) is 18.1 Å². The molecule has 5 nitrogen and oxygen atoms in total. The van der Waals surface area contributed by atoms with Gasteiger partial charge in [-0.15, -0.1) is 0 Å². The molecule has 0 spiro atoms. The van der Waals surface area contributed by atoms with Gasteiger partial charge in [-0.25, -0.2) is 13.1 Å². The Morgan fingerprint density at radius 1 is 1.47 bits per heavy atom. The van der Waals surface area contributed by atoms with Crippen LogP contribution in [-0.2, 0) is 10.0 Å². The number of hydrogen-bond donors (Lipinski definition) is 2. The minimum Gasteiger partial charge on any atom is -0.315 e. The zero-order valence-electron chi connectivity index (χ0n) is 9.49. The predicted molar refractivity (Wildman–Crippen MR) is 61.4 cm³/mol. The lowest BCUT2D eigenvalue weighted by molar-refractivity contribution is 0.410. The highest BCUT2D eigenvalue weighted by Gasteiger charge is 2.26. The summed E-state index contributed by atoms with van der Waals surface area (Å²) in [5, 5.41) is 2.85. The highest BCUT2D eigenvalue weighted by atomic mass is 32.2. The third-order valence-corrected chi connectivity index (χ3v) is 4.44. The average molecular weight is 235 g/mol. The van der Waals surface area contributed by atoms with E-state index in [4.69, 9.17) is 0 Å². The molecule has 1 saturated heterocycles. The Morgan fingerprint density at radius 3 is 2.73 bits per heavy atom. The summed E-state index contributed by atoms with van der Waals surface area (Å²) in [6.45, 7) is 2.74. The largest absolute Gasteiger partial charge is 0.315 e. The molecule has 1 atom stereocenters. The second-order valence-electron chi connectivity index (χ2n) is 4.21. The normalized spacial score (nSPS) is 23.3. The smallest absolute Gasteiger partial charge is 0.215 e. The fourth-order valence-corrected chi connectivity index (χ4v) is 3.04.